The molecule has 1 saturated heterocycles. The summed E-state index contributed by atoms with van der Waals surface area (Å²) in [5, 5.41) is 3.36. The van der Waals surface area contributed by atoms with Gasteiger partial charge in [0.15, 0.2) is 0 Å². The Hall–Kier alpha value is -1.62. The number of aromatic nitrogens is 3. The van der Waals surface area contributed by atoms with Crippen LogP contribution in [0.25, 0.3) is 11.0 Å². The Kier molecular flexibility index (Phi) is 2.07. The van der Waals surface area contributed by atoms with Crippen molar-refractivity contribution in [2.24, 2.45) is 7.05 Å². The molecule has 1 unspecified atom stereocenters. The maximum atomic E-state index is 5.82. The fourth-order valence-corrected chi connectivity index (χ4v) is 2.40. The number of nitrogens with zero attached hydrogens (tertiary/aromatic N) is 3. The summed E-state index contributed by atoms with van der Waals surface area (Å²) in [5.74, 6) is 1.02. The smallest absolute Gasteiger partial charge is 0.125 e. The number of fused-ring (bicyclic) bond motifs is 1. The lowest BCUT2D eigenvalue weighted by Gasteiger charge is -2.11. The monoisotopic (exact) mass is 217 g/mol. The first-order valence-corrected chi connectivity index (χ1v) is 5.54. The van der Waals surface area contributed by atoms with E-state index >= 15 is 0 Å². The molecule has 1 aliphatic rings. The van der Waals surface area contributed by atoms with Crippen LogP contribution in [0.1, 0.15) is 18.0 Å². The molecule has 1 atom stereocenters. The second-order valence-corrected chi connectivity index (χ2v) is 4.35. The number of imidazole rings is 1. The van der Waals surface area contributed by atoms with Crippen LogP contribution < -0.4 is 11.1 Å². The van der Waals surface area contributed by atoms with E-state index in [1.54, 1.807) is 0 Å². The molecule has 3 heterocycles. The molecule has 84 valence electrons. The van der Waals surface area contributed by atoms with Gasteiger partial charge in [-0.15, -0.1) is 0 Å². The molecule has 5 nitrogen and oxygen atoms in total. The first-order valence-electron chi connectivity index (χ1n) is 5.54. The first kappa shape index (κ1) is 9.59. The van der Waals surface area contributed by atoms with Gasteiger partial charge >= 0.3 is 0 Å². The van der Waals surface area contributed by atoms with Crippen molar-refractivity contribution in [3.63, 3.8) is 0 Å². The number of anilines is 1. The molecule has 0 radical (unpaired) electrons. The summed E-state index contributed by atoms with van der Waals surface area (Å²) in [6.07, 6.45) is 2.94. The van der Waals surface area contributed by atoms with Crippen LogP contribution in [0.15, 0.2) is 12.4 Å². The number of hydrogen-bond donors (Lipinski definition) is 2. The van der Waals surface area contributed by atoms with Gasteiger partial charge < -0.3 is 15.6 Å². The standard InChI is InChI=1S/C11H15N5/c1-16-6-14-8-4-9(12)15-10(11(8)16)7-2-3-13-5-7/h4,6-7,13H,2-3,5H2,1H3,(H2,12,15). The molecular formula is C11H15N5. The van der Waals surface area contributed by atoms with E-state index in [0.29, 0.717) is 11.7 Å². The molecule has 0 aromatic carbocycles. The lowest BCUT2D eigenvalue weighted by Crippen LogP contribution is -2.10. The number of nitrogen functional groups attached to an aromatic ring is 1. The Balaban J connectivity index is 2.23. The van der Waals surface area contributed by atoms with Crippen LogP contribution in [0.4, 0.5) is 5.82 Å². The Morgan fingerprint density at radius 1 is 1.56 bits per heavy atom. The first-order chi connectivity index (χ1) is 7.75. The largest absolute Gasteiger partial charge is 0.384 e. The Labute approximate surface area is 93.7 Å². The molecule has 2 aromatic rings. The van der Waals surface area contributed by atoms with Crippen LogP contribution in [-0.2, 0) is 7.05 Å². The molecule has 0 amide bonds. The van der Waals surface area contributed by atoms with E-state index < -0.39 is 0 Å². The summed E-state index contributed by atoms with van der Waals surface area (Å²) in [6.45, 7) is 2.04. The number of nitrogens with one attached hydrogen (secondary N) is 1. The quantitative estimate of drug-likeness (QED) is 0.735. The number of rotatable bonds is 1. The molecule has 1 fully saturated rings. The SMILES string of the molecule is Cn1cnc2cc(N)nc(C3CCNC3)c21. The van der Waals surface area contributed by atoms with Crippen molar-refractivity contribution in [2.45, 2.75) is 12.3 Å². The fraction of sp³-hybridized carbons (Fsp3) is 0.455. The summed E-state index contributed by atoms with van der Waals surface area (Å²) in [4.78, 5) is 8.83. The van der Waals surface area contributed by atoms with E-state index in [9.17, 15) is 0 Å². The van der Waals surface area contributed by atoms with E-state index in [4.69, 9.17) is 5.73 Å². The van der Waals surface area contributed by atoms with Gasteiger partial charge in [-0.05, 0) is 13.0 Å². The summed E-state index contributed by atoms with van der Waals surface area (Å²) in [5.41, 5.74) is 8.96. The average Bonchev–Trinajstić information content (AvgIpc) is 2.87. The lowest BCUT2D eigenvalue weighted by atomic mass is 10.0. The van der Waals surface area contributed by atoms with Crippen LogP contribution in [0.5, 0.6) is 0 Å². The van der Waals surface area contributed by atoms with Gasteiger partial charge in [0.05, 0.1) is 23.1 Å². The number of nitrogens with two attached hydrogens (primary N) is 1. The Morgan fingerprint density at radius 3 is 3.19 bits per heavy atom. The maximum Gasteiger partial charge on any atom is 0.125 e. The summed E-state index contributed by atoms with van der Waals surface area (Å²) in [6, 6.07) is 1.83. The zero-order valence-corrected chi connectivity index (χ0v) is 9.27. The predicted molar refractivity (Wildman–Crippen MR) is 63.1 cm³/mol. The van der Waals surface area contributed by atoms with Crippen LogP contribution in [-0.4, -0.2) is 27.6 Å². The van der Waals surface area contributed by atoms with Gasteiger partial charge in [0.1, 0.15) is 5.82 Å². The van der Waals surface area contributed by atoms with Crippen molar-refractivity contribution in [3.8, 4) is 0 Å². The van der Waals surface area contributed by atoms with Crippen molar-refractivity contribution in [1.82, 2.24) is 19.9 Å². The average molecular weight is 217 g/mol. The lowest BCUT2D eigenvalue weighted by molar-refractivity contribution is 0.737. The van der Waals surface area contributed by atoms with Crippen molar-refractivity contribution in [1.29, 1.82) is 0 Å². The molecule has 3 N–H and O–H groups in total. The predicted octanol–water partition coefficient (Wildman–Crippen LogP) is 0.627. The van der Waals surface area contributed by atoms with E-state index in [-0.39, 0.29) is 0 Å². The van der Waals surface area contributed by atoms with E-state index in [1.165, 1.54) is 0 Å². The summed E-state index contributed by atoms with van der Waals surface area (Å²) >= 11 is 0. The van der Waals surface area contributed by atoms with Crippen molar-refractivity contribution < 1.29 is 0 Å². The Bertz CT molecular complexity index is 524. The van der Waals surface area contributed by atoms with Crippen molar-refractivity contribution >= 4 is 16.9 Å². The molecule has 5 heteroatoms. The fourth-order valence-electron chi connectivity index (χ4n) is 2.40. The molecule has 2 aromatic heterocycles. The number of hydrogen-bond acceptors (Lipinski definition) is 4. The van der Waals surface area contributed by atoms with Gasteiger partial charge in [-0.3, -0.25) is 0 Å². The molecule has 16 heavy (non-hydrogen) atoms. The van der Waals surface area contributed by atoms with Gasteiger partial charge in [0.2, 0.25) is 0 Å². The van der Waals surface area contributed by atoms with E-state index in [1.807, 2.05) is 24.0 Å². The van der Waals surface area contributed by atoms with Crippen LogP contribution in [0, 0.1) is 0 Å². The van der Waals surface area contributed by atoms with Crippen LogP contribution in [0.2, 0.25) is 0 Å². The van der Waals surface area contributed by atoms with Crippen LogP contribution in [0.3, 0.4) is 0 Å². The van der Waals surface area contributed by atoms with Crippen molar-refractivity contribution in [2.75, 3.05) is 18.8 Å². The third-order valence-electron chi connectivity index (χ3n) is 3.19. The minimum atomic E-state index is 0.460. The molecular weight excluding hydrogens is 202 g/mol. The van der Waals surface area contributed by atoms with Gasteiger partial charge in [-0.2, -0.15) is 0 Å². The second kappa shape index (κ2) is 3.45. The van der Waals surface area contributed by atoms with Gasteiger partial charge in [0, 0.05) is 25.6 Å². The highest BCUT2D eigenvalue weighted by molar-refractivity contribution is 5.80. The molecule has 0 saturated carbocycles. The minimum Gasteiger partial charge on any atom is -0.384 e. The number of aryl methyl sites for hydroxylation is 1. The number of pyridine rings is 1. The normalized spacial score (nSPS) is 20.7. The third kappa shape index (κ3) is 1.36. The van der Waals surface area contributed by atoms with Gasteiger partial charge in [-0.25, -0.2) is 9.97 Å². The van der Waals surface area contributed by atoms with Gasteiger partial charge in [0.25, 0.3) is 0 Å². The van der Waals surface area contributed by atoms with Gasteiger partial charge in [-0.1, -0.05) is 0 Å². The maximum absolute atomic E-state index is 5.82. The summed E-state index contributed by atoms with van der Waals surface area (Å²) in [7, 11) is 2.00. The van der Waals surface area contributed by atoms with E-state index in [0.717, 1.165) is 36.2 Å². The highest BCUT2D eigenvalue weighted by Gasteiger charge is 2.22. The topological polar surface area (TPSA) is 68.8 Å². The highest BCUT2D eigenvalue weighted by Crippen LogP contribution is 2.28. The molecule has 0 bridgehead atoms. The highest BCUT2D eigenvalue weighted by atomic mass is 15.0. The van der Waals surface area contributed by atoms with E-state index in [2.05, 4.69) is 15.3 Å². The molecule has 3 rings (SSSR count). The third-order valence-corrected chi connectivity index (χ3v) is 3.19. The second-order valence-electron chi connectivity index (χ2n) is 4.35. The Morgan fingerprint density at radius 2 is 2.44 bits per heavy atom. The minimum absolute atomic E-state index is 0.460. The molecule has 1 aliphatic heterocycles. The molecule has 0 aliphatic carbocycles. The summed E-state index contributed by atoms with van der Waals surface area (Å²) < 4.78 is 2.02. The molecule has 0 spiro atoms. The zero-order chi connectivity index (χ0) is 11.1. The zero-order valence-electron chi connectivity index (χ0n) is 9.27. The van der Waals surface area contributed by atoms with Crippen molar-refractivity contribution in [3.05, 3.63) is 18.1 Å². The van der Waals surface area contributed by atoms with Crippen LogP contribution >= 0.6 is 0 Å².